The molecule has 114 valence electrons. The van der Waals surface area contributed by atoms with Crippen LogP contribution in [0.15, 0.2) is 34.7 Å². The van der Waals surface area contributed by atoms with Crippen LogP contribution in [0.4, 0.5) is 5.69 Å². The highest BCUT2D eigenvalue weighted by molar-refractivity contribution is 6.03. The molecule has 0 unspecified atom stereocenters. The van der Waals surface area contributed by atoms with Crippen LogP contribution in [-0.4, -0.2) is 19.1 Å². The summed E-state index contributed by atoms with van der Waals surface area (Å²) in [5, 5.41) is 2.78. The van der Waals surface area contributed by atoms with E-state index in [4.69, 9.17) is 14.9 Å². The number of hydrogen-bond acceptors (Lipinski definition) is 4. The zero-order chi connectivity index (χ0) is 14.5. The van der Waals surface area contributed by atoms with Gasteiger partial charge in [0, 0.05) is 17.8 Å². The first-order chi connectivity index (χ1) is 9.60. The Morgan fingerprint density at radius 1 is 1.29 bits per heavy atom. The summed E-state index contributed by atoms with van der Waals surface area (Å²) in [6, 6.07) is 8.94. The summed E-state index contributed by atoms with van der Waals surface area (Å²) in [6.07, 6.45) is 0. The average molecular weight is 311 g/mol. The fraction of sp³-hybridized carbons (Fsp3) is 0.267. The van der Waals surface area contributed by atoms with Crippen LogP contribution >= 0.6 is 12.4 Å². The van der Waals surface area contributed by atoms with Crippen LogP contribution < -0.4 is 15.8 Å². The maximum atomic E-state index is 12.1. The second kappa shape index (κ2) is 7.71. The minimum atomic E-state index is -0.258. The molecule has 0 saturated carbocycles. The Balaban J connectivity index is 0.00000220. The summed E-state index contributed by atoms with van der Waals surface area (Å²) >= 11 is 0. The molecule has 0 spiro atoms. The monoisotopic (exact) mass is 310 g/mol. The van der Waals surface area contributed by atoms with E-state index < -0.39 is 0 Å². The molecule has 0 saturated heterocycles. The fourth-order valence-corrected chi connectivity index (χ4v) is 1.87. The van der Waals surface area contributed by atoms with E-state index in [0.29, 0.717) is 24.6 Å². The highest BCUT2D eigenvalue weighted by Crippen LogP contribution is 2.18. The number of halogens is 1. The summed E-state index contributed by atoms with van der Waals surface area (Å²) in [4.78, 5) is 12.1. The van der Waals surface area contributed by atoms with Crippen molar-refractivity contribution in [3.05, 3.63) is 47.4 Å². The first-order valence-corrected chi connectivity index (χ1v) is 6.41. The molecule has 0 aliphatic carbocycles. The minimum absolute atomic E-state index is 0. The van der Waals surface area contributed by atoms with Crippen LogP contribution in [0.5, 0.6) is 5.75 Å². The number of carbonyl (C=O) groups is 1. The van der Waals surface area contributed by atoms with Gasteiger partial charge in [0.2, 0.25) is 0 Å². The molecule has 0 aliphatic rings. The molecule has 2 aromatic rings. The lowest BCUT2D eigenvalue weighted by Gasteiger charge is -2.07. The summed E-state index contributed by atoms with van der Waals surface area (Å²) in [6.45, 7) is 4.59. The lowest BCUT2D eigenvalue weighted by molar-refractivity contribution is 0.0994. The van der Waals surface area contributed by atoms with Crippen LogP contribution in [0.25, 0.3) is 0 Å². The van der Waals surface area contributed by atoms with Crippen molar-refractivity contribution in [1.29, 1.82) is 0 Å². The van der Waals surface area contributed by atoms with Crippen LogP contribution in [0, 0.1) is 13.8 Å². The lowest BCUT2D eigenvalue weighted by Crippen LogP contribution is -2.12. The second-order valence-corrected chi connectivity index (χ2v) is 4.48. The van der Waals surface area contributed by atoms with Crippen molar-refractivity contribution in [3.8, 4) is 5.75 Å². The quantitative estimate of drug-likeness (QED) is 0.890. The predicted molar refractivity (Wildman–Crippen MR) is 84.4 cm³/mol. The Bertz CT molecular complexity index is 593. The van der Waals surface area contributed by atoms with Gasteiger partial charge in [-0.1, -0.05) is 0 Å². The standard InChI is InChI=1S/C15H18N2O3.ClH/c1-10-9-11(2)20-14(10)15(18)17-12-3-5-13(6-4-12)19-8-7-16;/h3-6,9H,7-8,16H2,1-2H3,(H,17,18);1H. The van der Waals surface area contributed by atoms with Gasteiger partial charge < -0.3 is 20.2 Å². The molecule has 0 aliphatic heterocycles. The number of furan rings is 1. The van der Waals surface area contributed by atoms with Crippen molar-refractivity contribution in [3.63, 3.8) is 0 Å². The van der Waals surface area contributed by atoms with Crippen molar-refractivity contribution < 1.29 is 13.9 Å². The summed E-state index contributed by atoms with van der Waals surface area (Å²) in [5.74, 6) is 1.52. The largest absolute Gasteiger partial charge is 0.492 e. The third-order valence-corrected chi connectivity index (χ3v) is 2.75. The predicted octanol–water partition coefficient (Wildman–Crippen LogP) is 2.91. The molecule has 0 bridgehead atoms. The topological polar surface area (TPSA) is 77.5 Å². The Kier molecular flexibility index (Phi) is 6.27. The first kappa shape index (κ1) is 17.1. The Labute approximate surface area is 129 Å². The molecule has 1 amide bonds. The number of anilines is 1. The number of ether oxygens (including phenoxy) is 1. The SMILES string of the molecule is Cc1cc(C)c(C(=O)Nc2ccc(OCCN)cc2)o1.Cl. The van der Waals surface area contributed by atoms with Gasteiger partial charge in [-0.15, -0.1) is 12.4 Å². The van der Waals surface area contributed by atoms with Crippen LogP contribution in [0.1, 0.15) is 21.9 Å². The Hall–Kier alpha value is -1.98. The Morgan fingerprint density at radius 2 is 1.95 bits per heavy atom. The van der Waals surface area contributed by atoms with Crippen LogP contribution in [0.3, 0.4) is 0 Å². The van der Waals surface area contributed by atoms with Gasteiger partial charge in [0.05, 0.1) is 0 Å². The molecule has 1 aromatic carbocycles. The molecule has 0 atom stereocenters. The van der Waals surface area contributed by atoms with E-state index in [-0.39, 0.29) is 18.3 Å². The number of hydrogen-bond donors (Lipinski definition) is 2. The normalized spacial score (nSPS) is 9.86. The fourth-order valence-electron chi connectivity index (χ4n) is 1.87. The minimum Gasteiger partial charge on any atom is -0.492 e. The highest BCUT2D eigenvalue weighted by Gasteiger charge is 2.14. The molecule has 1 heterocycles. The van der Waals surface area contributed by atoms with Gasteiger partial charge in [-0.05, 0) is 44.2 Å². The van der Waals surface area contributed by atoms with E-state index in [1.165, 1.54) is 0 Å². The van der Waals surface area contributed by atoms with Gasteiger partial charge in [-0.3, -0.25) is 4.79 Å². The van der Waals surface area contributed by atoms with Crippen LogP contribution in [0.2, 0.25) is 0 Å². The van der Waals surface area contributed by atoms with Gasteiger partial charge in [-0.25, -0.2) is 0 Å². The summed E-state index contributed by atoms with van der Waals surface area (Å²) in [5.41, 5.74) is 6.87. The number of carbonyl (C=O) groups excluding carboxylic acids is 1. The summed E-state index contributed by atoms with van der Waals surface area (Å²) in [7, 11) is 0. The first-order valence-electron chi connectivity index (χ1n) is 6.41. The molecule has 0 radical (unpaired) electrons. The maximum absolute atomic E-state index is 12.1. The molecule has 5 nitrogen and oxygen atoms in total. The molecular formula is C15H19ClN2O3. The molecule has 6 heteroatoms. The summed E-state index contributed by atoms with van der Waals surface area (Å²) < 4.78 is 10.7. The third-order valence-electron chi connectivity index (χ3n) is 2.75. The Morgan fingerprint density at radius 3 is 2.48 bits per heavy atom. The van der Waals surface area contributed by atoms with Crippen LogP contribution in [-0.2, 0) is 0 Å². The van der Waals surface area contributed by atoms with Crippen molar-refractivity contribution >= 4 is 24.0 Å². The van der Waals surface area contributed by atoms with E-state index in [1.54, 1.807) is 24.3 Å². The number of nitrogens with one attached hydrogen (secondary N) is 1. The van der Waals surface area contributed by atoms with E-state index >= 15 is 0 Å². The number of rotatable bonds is 5. The van der Waals surface area contributed by atoms with Crippen molar-refractivity contribution in [2.75, 3.05) is 18.5 Å². The van der Waals surface area contributed by atoms with Gasteiger partial charge in [0.15, 0.2) is 5.76 Å². The van der Waals surface area contributed by atoms with Gasteiger partial charge in [-0.2, -0.15) is 0 Å². The molecular weight excluding hydrogens is 292 g/mol. The van der Waals surface area contributed by atoms with E-state index in [9.17, 15) is 4.79 Å². The average Bonchev–Trinajstić information content (AvgIpc) is 2.77. The molecule has 3 N–H and O–H groups in total. The van der Waals surface area contributed by atoms with Gasteiger partial charge >= 0.3 is 0 Å². The molecule has 1 aromatic heterocycles. The van der Waals surface area contributed by atoms with Crippen molar-refractivity contribution in [2.45, 2.75) is 13.8 Å². The van der Waals surface area contributed by atoms with Crippen molar-refractivity contribution in [1.82, 2.24) is 0 Å². The smallest absolute Gasteiger partial charge is 0.291 e. The van der Waals surface area contributed by atoms with Crippen molar-refractivity contribution in [2.24, 2.45) is 5.73 Å². The third kappa shape index (κ3) is 4.51. The molecule has 0 fully saturated rings. The number of aryl methyl sites for hydroxylation is 2. The lowest BCUT2D eigenvalue weighted by atomic mass is 10.2. The van der Waals surface area contributed by atoms with E-state index in [1.807, 2.05) is 19.9 Å². The number of amides is 1. The number of benzene rings is 1. The van der Waals surface area contributed by atoms with Gasteiger partial charge in [0.1, 0.15) is 18.1 Å². The maximum Gasteiger partial charge on any atom is 0.291 e. The highest BCUT2D eigenvalue weighted by atomic mass is 35.5. The van der Waals surface area contributed by atoms with E-state index in [2.05, 4.69) is 5.32 Å². The zero-order valence-electron chi connectivity index (χ0n) is 12.0. The molecule has 2 rings (SSSR count). The van der Waals surface area contributed by atoms with E-state index in [0.717, 1.165) is 17.1 Å². The second-order valence-electron chi connectivity index (χ2n) is 4.48. The zero-order valence-corrected chi connectivity index (χ0v) is 12.8. The van der Waals surface area contributed by atoms with Gasteiger partial charge in [0.25, 0.3) is 5.91 Å². The molecule has 21 heavy (non-hydrogen) atoms. The number of nitrogens with two attached hydrogens (primary N) is 1.